The highest BCUT2D eigenvalue weighted by atomic mass is 19.3. The summed E-state index contributed by atoms with van der Waals surface area (Å²) in [7, 11) is 3.23. The Kier molecular flexibility index (Phi) is 6.83. The third-order valence-corrected chi connectivity index (χ3v) is 6.99. The molecule has 0 aliphatic heterocycles. The fourth-order valence-electron chi connectivity index (χ4n) is 4.61. The first-order valence-electron chi connectivity index (χ1n) is 12.2. The Hall–Kier alpha value is -3.92. The minimum atomic E-state index is -2.92. The van der Waals surface area contributed by atoms with Gasteiger partial charge in [0.1, 0.15) is 29.4 Å². The van der Waals surface area contributed by atoms with E-state index >= 15 is 0 Å². The van der Waals surface area contributed by atoms with Crippen LogP contribution in [0, 0.1) is 5.82 Å². The highest BCUT2D eigenvalue weighted by Crippen LogP contribution is 2.49. The number of hydrogen-bond acceptors (Lipinski definition) is 6. The summed E-state index contributed by atoms with van der Waals surface area (Å²) in [4.78, 5) is 21.9. The predicted molar refractivity (Wildman–Crippen MR) is 137 cm³/mol. The molecule has 4 aromatic rings. The standard InChI is InChI=1S/C28H27F3N4O3/c1-16(19-5-4-6-20(23(19)29)24(30)31)34-25-21-13-22(27(36)35(2)26(21)33-15-32-25)28(11-12-28)38-14-17-7-9-18(37-3)10-8-17/h4-10,13,15-16,24H,11-12,14H2,1-3H3,(H,32,33,34). The van der Waals surface area contributed by atoms with Gasteiger partial charge in [0.25, 0.3) is 12.0 Å². The smallest absolute Gasteiger partial charge is 0.266 e. The number of nitrogens with zero attached hydrogens (tertiary/aromatic N) is 3. The highest BCUT2D eigenvalue weighted by molar-refractivity contribution is 5.87. The van der Waals surface area contributed by atoms with Crippen LogP contribution in [-0.2, 0) is 24.0 Å². The molecule has 7 nitrogen and oxygen atoms in total. The molecular formula is C28H27F3N4O3. The Morgan fingerprint density at radius 2 is 1.82 bits per heavy atom. The van der Waals surface area contributed by atoms with Crippen LogP contribution in [0.5, 0.6) is 5.75 Å². The van der Waals surface area contributed by atoms with Crippen LogP contribution in [-0.4, -0.2) is 21.6 Å². The zero-order chi connectivity index (χ0) is 27.0. The van der Waals surface area contributed by atoms with Gasteiger partial charge < -0.3 is 14.8 Å². The molecule has 198 valence electrons. The molecule has 1 saturated carbocycles. The van der Waals surface area contributed by atoms with Gasteiger partial charge in [-0.1, -0.05) is 30.3 Å². The number of alkyl halides is 2. The lowest BCUT2D eigenvalue weighted by Crippen LogP contribution is -2.29. The van der Waals surface area contributed by atoms with Gasteiger partial charge in [-0.2, -0.15) is 0 Å². The normalized spacial score (nSPS) is 15.0. The predicted octanol–water partition coefficient (Wildman–Crippen LogP) is 5.79. The molecule has 2 aromatic carbocycles. The number of ether oxygens (including phenoxy) is 2. The lowest BCUT2D eigenvalue weighted by molar-refractivity contribution is 0.0161. The fourth-order valence-corrected chi connectivity index (χ4v) is 4.61. The minimum absolute atomic E-state index is 0.0843. The average molecular weight is 525 g/mol. The quantitative estimate of drug-likeness (QED) is 0.299. The van der Waals surface area contributed by atoms with Gasteiger partial charge >= 0.3 is 0 Å². The van der Waals surface area contributed by atoms with Gasteiger partial charge in [0.2, 0.25) is 0 Å². The SMILES string of the molecule is COc1ccc(COC2(c3cc4c(NC(C)c5cccc(C(F)F)c5F)ncnc4n(C)c3=O)CC2)cc1. The van der Waals surface area contributed by atoms with E-state index in [4.69, 9.17) is 9.47 Å². The van der Waals surface area contributed by atoms with E-state index < -0.39 is 29.4 Å². The molecule has 38 heavy (non-hydrogen) atoms. The van der Waals surface area contributed by atoms with Crippen molar-refractivity contribution in [2.45, 2.75) is 44.4 Å². The number of aryl methyl sites for hydroxylation is 1. The maximum absolute atomic E-state index is 14.8. The molecule has 5 rings (SSSR count). The summed E-state index contributed by atoms with van der Waals surface area (Å²) in [6.07, 6.45) is -0.257. The van der Waals surface area contributed by atoms with Crippen molar-refractivity contribution in [2.24, 2.45) is 7.05 Å². The van der Waals surface area contributed by atoms with Crippen molar-refractivity contribution in [3.8, 4) is 5.75 Å². The zero-order valence-corrected chi connectivity index (χ0v) is 21.2. The van der Waals surface area contributed by atoms with E-state index in [1.54, 1.807) is 27.1 Å². The number of halogens is 3. The summed E-state index contributed by atoms with van der Waals surface area (Å²) >= 11 is 0. The van der Waals surface area contributed by atoms with Crippen LogP contribution in [0.2, 0.25) is 0 Å². The average Bonchev–Trinajstić information content (AvgIpc) is 3.71. The van der Waals surface area contributed by atoms with E-state index in [0.29, 0.717) is 41.9 Å². The van der Waals surface area contributed by atoms with Crippen LogP contribution >= 0.6 is 0 Å². The van der Waals surface area contributed by atoms with Crippen LogP contribution in [0.25, 0.3) is 11.0 Å². The molecular weight excluding hydrogens is 497 g/mol. The third kappa shape index (κ3) is 4.71. The summed E-state index contributed by atoms with van der Waals surface area (Å²) in [5.74, 6) is 0.137. The number of pyridine rings is 1. The van der Waals surface area contributed by atoms with E-state index in [1.165, 1.54) is 23.0 Å². The number of hydrogen-bond donors (Lipinski definition) is 1. The molecule has 1 unspecified atom stereocenters. The van der Waals surface area contributed by atoms with Crippen molar-refractivity contribution >= 4 is 16.9 Å². The monoisotopic (exact) mass is 524 g/mol. The topological polar surface area (TPSA) is 78.3 Å². The number of nitrogens with one attached hydrogen (secondary N) is 1. The second-order valence-electron chi connectivity index (χ2n) is 9.43. The number of fused-ring (bicyclic) bond motifs is 1. The molecule has 0 saturated heterocycles. The number of aromatic nitrogens is 3. The van der Waals surface area contributed by atoms with Crippen molar-refractivity contribution in [1.82, 2.24) is 14.5 Å². The lowest BCUT2D eigenvalue weighted by atomic mass is 10.0. The Bertz CT molecular complexity index is 1540. The van der Waals surface area contributed by atoms with E-state index in [0.717, 1.165) is 17.4 Å². The molecule has 1 N–H and O–H groups in total. The van der Waals surface area contributed by atoms with E-state index in [-0.39, 0.29) is 11.1 Å². The van der Waals surface area contributed by atoms with Gasteiger partial charge in [-0.05, 0) is 43.5 Å². The van der Waals surface area contributed by atoms with Gasteiger partial charge in [-0.15, -0.1) is 0 Å². The number of methoxy groups -OCH3 is 1. The first kappa shape index (κ1) is 25.7. The molecule has 2 heterocycles. The largest absolute Gasteiger partial charge is 0.497 e. The lowest BCUT2D eigenvalue weighted by Gasteiger charge is -2.21. The Labute approximate surface area is 217 Å². The maximum atomic E-state index is 14.8. The summed E-state index contributed by atoms with van der Waals surface area (Å²) in [6, 6.07) is 12.5. The van der Waals surface area contributed by atoms with Crippen LogP contribution < -0.4 is 15.6 Å². The molecule has 0 radical (unpaired) electrons. The number of rotatable bonds is 9. The molecule has 1 aliphatic carbocycles. The van der Waals surface area contributed by atoms with Gasteiger partial charge in [-0.25, -0.2) is 23.1 Å². The molecule has 2 aromatic heterocycles. The second-order valence-corrected chi connectivity index (χ2v) is 9.43. The van der Waals surface area contributed by atoms with Gasteiger partial charge in [0, 0.05) is 12.6 Å². The number of anilines is 1. The van der Waals surface area contributed by atoms with Crippen LogP contribution in [0.1, 0.15) is 54.5 Å². The molecule has 0 spiro atoms. The van der Waals surface area contributed by atoms with E-state index in [9.17, 15) is 18.0 Å². The minimum Gasteiger partial charge on any atom is -0.497 e. The highest BCUT2D eigenvalue weighted by Gasteiger charge is 2.48. The summed E-state index contributed by atoms with van der Waals surface area (Å²) < 4.78 is 54.1. The van der Waals surface area contributed by atoms with E-state index in [1.807, 2.05) is 24.3 Å². The fraction of sp³-hybridized carbons (Fsp3) is 0.321. The van der Waals surface area contributed by atoms with Crippen molar-refractivity contribution in [3.63, 3.8) is 0 Å². The first-order valence-corrected chi connectivity index (χ1v) is 12.2. The van der Waals surface area contributed by atoms with Crippen molar-refractivity contribution < 1.29 is 22.6 Å². The van der Waals surface area contributed by atoms with Crippen LogP contribution in [0.3, 0.4) is 0 Å². The molecule has 10 heteroatoms. The molecule has 1 fully saturated rings. The summed E-state index contributed by atoms with van der Waals surface area (Å²) in [6.45, 7) is 1.98. The van der Waals surface area contributed by atoms with Gasteiger partial charge in [0.15, 0.2) is 0 Å². The van der Waals surface area contributed by atoms with Gasteiger partial charge in [0.05, 0.1) is 41.9 Å². The summed E-state index contributed by atoms with van der Waals surface area (Å²) in [5, 5.41) is 3.66. The molecule has 0 amide bonds. The summed E-state index contributed by atoms with van der Waals surface area (Å²) in [5.41, 5.74) is 0.285. The van der Waals surface area contributed by atoms with Gasteiger partial charge in [-0.3, -0.25) is 9.36 Å². The van der Waals surface area contributed by atoms with Crippen LogP contribution in [0.4, 0.5) is 19.0 Å². The van der Waals surface area contributed by atoms with Crippen molar-refractivity contribution in [3.05, 3.63) is 93.3 Å². The van der Waals surface area contributed by atoms with Crippen LogP contribution in [0.15, 0.2) is 59.7 Å². The number of benzene rings is 2. The van der Waals surface area contributed by atoms with Crippen molar-refractivity contribution in [2.75, 3.05) is 12.4 Å². The third-order valence-electron chi connectivity index (χ3n) is 6.99. The molecule has 1 atom stereocenters. The maximum Gasteiger partial charge on any atom is 0.266 e. The Balaban J connectivity index is 1.47. The molecule has 0 bridgehead atoms. The van der Waals surface area contributed by atoms with E-state index in [2.05, 4.69) is 15.3 Å². The Morgan fingerprint density at radius 1 is 1.11 bits per heavy atom. The second kappa shape index (κ2) is 10.1. The molecule has 1 aliphatic rings. The zero-order valence-electron chi connectivity index (χ0n) is 21.2. The Morgan fingerprint density at radius 3 is 2.47 bits per heavy atom. The van der Waals surface area contributed by atoms with Crippen molar-refractivity contribution in [1.29, 1.82) is 0 Å². The first-order chi connectivity index (χ1) is 18.2.